The van der Waals surface area contributed by atoms with Crippen molar-refractivity contribution in [3.05, 3.63) is 35.4 Å². The topological polar surface area (TPSA) is 32.8 Å². The maximum Gasteiger partial charge on any atom is 0.416 e. The Kier molecular flexibility index (Phi) is 5.30. The van der Waals surface area contributed by atoms with Crippen molar-refractivity contribution in [1.29, 1.82) is 0 Å². The SMILES string of the molecule is CC(C)N1CC2(CCN(Cc3ccc(C(F)(F)F)cc3)C2)COCC1=O. The molecule has 2 aliphatic heterocycles. The van der Waals surface area contributed by atoms with Gasteiger partial charge in [-0.2, -0.15) is 13.2 Å². The zero-order chi connectivity index (χ0) is 18.9. The van der Waals surface area contributed by atoms with E-state index in [1.54, 1.807) is 12.1 Å². The number of amides is 1. The van der Waals surface area contributed by atoms with Gasteiger partial charge in [-0.1, -0.05) is 12.1 Å². The molecule has 144 valence electrons. The van der Waals surface area contributed by atoms with Gasteiger partial charge in [-0.05, 0) is 44.5 Å². The van der Waals surface area contributed by atoms with Crippen molar-refractivity contribution in [2.24, 2.45) is 5.41 Å². The van der Waals surface area contributed by atoms with Crippen molar-refractivity contribution < 1.29 is 22.7 Å². The first-order valence-corrected chi connectivity index (χ1v) is 8.94. The molecule has 0 radical (unpaired) electrons. The fourth-order valence-electron chi connectivity index (χ4n) is 3.87. The standard InChI is InChI=1S/C19H25F3N2O2/c1-14(2)24-12-18(13-26-10-17(24)25)7-8-23(11-18)9-15-3-5-16(6-4-15)19(20,21)22/h3-6,14H,7-13H2,1-2H3. The van der Waals surface area contributed by atoms with Crippen LogP contribution in [0, 0.1) is 5.41 Å². The van der Waals surface area contributed by atoms with Gasteiger partial charge in [-0.15, -0.1) is 0 Å². The summed E-state index contributed by atoms with van der Waals surface area (Å²) >= 11 is 0. The number of benzene rings is 1. The third-order valence-electron chi connectivity index (χ3n) is 5.29. The lowest BCUT2D eigenvalue weighted by Gasteiger charge is -2.34. The fraction of sp³-hybridized carbons (Fsp3) is 0.632. The molecule has 2 heterocycles. The first-order chi connectivity index (χ1) is 12.2. The summed E-state index contributed by atoms with van der Waals surface area (Å²) in [6.45, 7) is 7.60. The third kappa shape index (κ3) is 4.20. The largest absolute Gasteiger partial charge is 0.416 e. The summed E-state index contributed by atoms with van der Waals surface area (Å²) in [7, 11) is 0. The Morgan fingerprint density at radius 1 is 1.19 bits per heavy atom. The van der Waals surface area contributed by atoms with Gasteiger partial charge in [-0.3, -0.25) is 9.69 Å². The lowest BCUT2D eigenvalue weighted by Crippen LogP contribution is -2.45. The van der Waals surface area contributed by atoms with Gasteiger partial charge in [0.1, 0.15) is 6.61 Å². The number of likely N-dealkylation sites (tertiary alicyclic amines) is 1. The molecule has 0 N–H and O–H groups in total. The second-order valence-electron chi connectivity index (χ2n) is 7.76. The number of ether oxygens (including phenoxy) is 1. The van der Waals surface area contributed by atoms with Crippen LogP contribution in [0.2, 0.25) is 0 Å². The molecule has 0 saturated carbocycles. The van der Waals surface area contributed by atoms with E-state index in [1.807, 2.05) is 18.7 Å². The minimum atomic E-state index is -4.30. The number of rotatable bonds is 3. The van der Waals surface area contributed by atoms with Crippen LogP contribution in [0.1, 0.15) is 31.4 Å². The van der Waals surface area contributed by atoms with E-state index in [-0.39, 0.29) is 24.0 Å². The molecule has 2 aliphatic rings. The van der Waals surface area contributed by atoms with Crippen molar-refractivity contribution >= 4 is 5.91 Å². The van der Waals surface area contributed by atoms with Crippen LogP contribution in [-0.4, -0.2) is 54.6 Å². The molecular weight excluding hydrogens is 345 g/mol. The van der Waals surface area contributed by atoms with E-state index < -0.39 is 11.7 Å². The first-order valence-electron chi connectivity index (χ1n) is 8.94. The predicted octanol–water partition coefficient (Wildman–Crippen LogP) is 3.16. The van der Waals surface area contributed by atoms with Crippen molar-refractivity contribution in [1.82, 2.24) is 9.80 Å². The van der Waals surface area contributed by atoms with Crippen LogP contribution in [-0.2, 0) is 22.3 Å². The Morgan fingerprint density at radius 2 is 1.88 bits per heavy atom. The highest BCUT2D eigenvalue weighted by molar-refractivity contribution is 5.78. The lowest BCUT2D eigenvalue weighted by molar-refractivity contribution is -0.137. The highest BCUT2D eigenvalue weighted by Crippen LogP contribution is 2.35. The number of hydrogen-bond acceptors (Lipinski definition) is 3. The molecular formula is C19H25F3N2O2. The second-order valence-corrected chi connectivity index (χ2v) is 7.76. The minimum Gasteiger partial charge on any atom is -0.371 e. The van der Waals surface area contributed by atoms with E-state index in [0.29, 0.717) is 19.7 Å². The second kappa shape index (κ2) is 7.19. The minimum absolute atomic E-state index is 0.0260. The Morgan fingerprint density at radius 3 is 2.50 bits per heavy atom. The summed E-state index contributed by atoms with van der Waals surface area (Å²) in [5.41, 5.74) is 0.145. The summed E-state index contributed by atoms with van der Waals surface area (Å²) in [5, 5.41) is 0. The van der Waals surface area contributed by atoms with E-state index in [9.17, 15) is 18.0 Å². The van der Waals surface area contributed by atoms with Crippen LogP contribution in [0.4, 0.5) is 13.2 Å². The summed E-state index contributed by atoms with van der Waals surface area (Å²) in [5.74, 6) is 0.0260. The fourth-order valence-corrected chi connectivity index (χ4v) is 3.87. The van der Waals surface area contributed by atoms with Gasteiger partial charge in [0.2, 0.25) is 5.91 Å². The normalized spacial score (nSPS) is 25.3. The Hall–Kier alpha value is -1.60. The number of alkyl halides is 3. The molecule has 1 amide bonds. The third-order valence-corrected chi connectivity index (χ3v) is 5.29. The number of carbonyl (C=O) groups is 1. The van der Waals surface area contributed by atoms with Crippen LogP contribution in [0.25, 0.3) is 0 Å². The molecule has 1 spiro atoms. The molecule has 7 heteroatoms. The van der Waals surface area contributed by atoms with Crippen LogP contribution in [0.5, 0.6) is 0 Å². The Balaban J connectivity index is 1.65. The van der Waals surface area contributed by atoms with Crippen molar-refractivity contribution in [3.63, 3.8) is 0 Å². The van der Waals surface area contributed by atoms with Gasteiger partial charge >= 0.3 is 6.18 Å². The molecule has 4 nitrogen and oxygen atoms in total. The zero-order valence-corrected chi connectivity index (χ0v) is 15.2. The first kappa shape index (κ1) is 19.2. The summed E-state index contributed by atoms with van der Waals surface area (Å²) in [6.07, 6.45) is -3.38. The van der Waals surface area contributed by atoms with Crippen LogP contribution >= 0.6 is 0 Å². The molecule has 0 bridgehead atoms. The summed E-state index contributed by atoms with van der Waals surface area (Å²) in [4.78, 5) is 16.3. The average molecular weight is 370 g/mol. The molecule has 1 aromatic carbocycles. The number of carbonyl (C=O) groups excluding carboxylic acids is 1. The van der Waals surface area contributed by atoms with Gasteiger partial charge in [0.05, 0.1) is 12.2 Å². The van der Waals surface area contributed by atoms with E-state index in [1.165, 1.54) is 0 Å². The Bertz CT molecular complexity index is 645. The lowest BCUT2D eigenvalue weighted by atomic mass is 9.87. The van der Waals surface area contributed by atoms with Gasteiger partial charge in [0, 0.05) is 31.1 Å². The van der Waals surface area contributed by atoms with E-state index >= 15 is 0 Å². The Labute approximate surface area is 151 Å². The zero-order valence-electron chi connectivity index (χ0n) is 15.2. The number of hydrogen-bond donors (Lipinski definition) is 0. The molecule has 2 saturated heterocycles. The average Bonchev–Trinajstić information content (AvgIpc) is 2.86. The molecule has 26 heavy (non-hydrogen) atoms. The van der Waals surface area contributed by atoms with Crippen LogP contribution < -0.4 is 0 Å². The van der Waals surface area contributed by atoms with Crippen molar-refractivity contribution in [2.45, 2.75) is 39.0 Å². The molecule has 3 rings (SSSR count). The van der Waals surface area contributed by atoms with E-state index in [0.717, 1.165) is 37.2 Å². The van der Waals surface area contributed by atoms with Gasteiger partial charge in [0.25, 0.3) is 0 Å². The van der Waals surface area contributed by atoms with Gasteiger partial charge < -0.3 is 9.64 Å². The molecule has 1 atom stereocenters. The molecule has 1 unspecified atom stereocenters. The number of nitrogens with zero attached hydrogens (tertiary/aromatic N) is 2. The highest BCUT2D eigenvalue weighted by atomic mass is 19.4. The maximum atomic E-state index is 12.7. The maximum absolute atomic E-state index is 12.7. The predicted molar refractivity (Wildman–Crippen MR) is 91.4 cm³/mol. The highest BCUT2D eigenvalue weighted by Gasteiger charge is 2.43. The quantitative estimate of drug-likeness (QED) is 0.819. The van der Waals surface area contributed by atoms with Gasteiger partial charge in [0.15, 0.2) is 0 Å². The smallest absolute Gasteiger partial charge is 0.371 e. The molecule has 1 aromatic rings. The molecule has 0 aliphatic carbocycles. The molecule has 0 aromatic heterocycles. The van der Waals surface area contributed by atoms with Crippen molar-refractivity contribution in [2.75, 3.05) is 32.8 Å². The monoisotopic (exact) mass is 370 g/mol. The summed E-state index contributed by atoms with van der Waals surface area (Å²) < 4.78 is 43.7. The van der Waals surface area contributed by atoms with Crippen molar-refractivity contribution in [3.8, 4) is 0 Å². The number of halogens is 3. The molecule has 2 fully saturated rings. The van der Waals surface area contributed by atoms with E-state index in [4.69, 9.17) is 4.74 Å². The van der Waals surface area contributed by atoms with Crippen LogP contribution in [0.15, 0.2) is 24.3 Å². The van der Waals surface area contributed by atoms with Crippen LogP contribution in [0.3, 0.4) is 0 Å². The van der Waals surface area contributed by atoms with E-state index in [2.05, 4.69) is 4.90 Å². The summed E-state index contributed by atoms with van der Waals surface area (Å²) in [6, 6.07) is 5.48. The van der Waals surface area contributed by atoms with Gasteiger partial charge in [-0.25, -0.2) is 0 Å².